The summed E-state index contributed by atoms with van der Waals surface area (Å²) in [4.78, 5) is 23.8. The van der Waals surface area contributed by atoms with Gasteiger partial charge in [-0.15, -0.1) is 0 Å². The maximum absolute atomic E-state index is 13.3. The quantitative estimate of drug-likeness (QED) is 0.420. The molecule has 1 saturated heterocycles. The van der Waals surface area contributed by atoms with Crippen molar-refractivity contribution >= 4 is 28.7 Å². The van der Waals surface area contributed by atoms with Gasteiger partial charge in [0.05, 0.1) is 6.20 Å². The van der Waals surface area contributed by atoms with Crippen molar-refractivity contribution in [3.63, 3.8) is 0 Å². The van der Waals surface area contributed by atoms with Crippen molar-refractivity contribution in [1.82, 2.24) is 24.9 Å². The zero-order valence-electron chi connectivity index (χ0n) is 19.1. The van der Waals surface area contributed by atoms with Gasteiger partial charge < -0.3 is 10.6 Å². The van der Waals surface area contributed by atoms with E-state index in [0.717, 1.165) is 67.4 Å². The first-order chi connectivity index (χ1) is 17.3. The van der Waals surface area contributed by atoms with Gasteiger partial charge in [-0.1, -0.05) is 17.8 Å². The highest BCUT2D eigenvalue weighted by atomic mass is 32.2. The molecule has 4 aromatic rings. The van der Waals surface area contributed by atoms with Gasteiger partial charge in [0, 0.05) is 42.1 Å². The average Bonchev–Trinajstić information content (AvgIpc) is 3.15. The van der Waals surface area contributed by atoms with Crippen molar-refractivity contribution in [3.8, 4) is 0 Å². The Balaban J connectivity index is 1.18. The molecule has 2 aliphatic rings. The number of pyridine rings is 3. The lowest BCUT2D eigenvalue weighted by Gasteiger charge is -2.42. The fourth-order valence-corrected chi connectivity index (χ4v) is 6.11. The first-order valence-corrected chi connectivity index (χ1v) is 12.4. The Hall–Kier alpha value is -3.31. The highest BCUT2D eigenvalue weighted by molar-refractivity contribution is 7.99. The fourth-order valence-electron chi connectivity index (χ4n) is 5.21. The first kappa shape index (κ1) is 23.1. The van der Waals surface area contributed by atoms with E-state index in [9.17, 15) is 13.2 Å². The summed E-state index contributed by atoms with van der Waals surface area (Å²) in [6, 6.07) is 10.3. The van der Waals surface area contributed by atoms with E-state index in [1.54, 1.807) is 18.3 Å². The van der Waals surface area contributed by atoms with Gasteiger partial charge in [-0.25, -0.2) is 15.0 Å². The van der Waals surface area contributed by atoms with Crippen molar-refractivity contribution < 1.29 is 13.2 Å². The minimum absolute atomic E-state index is 0.00820. The summed E-state index contributed by atoms with van der Waals surface area (Å²) in [5.74, 6) is 0.758. The van der Waals surface area contributed by atoms with Crippen molar-refractivity contribution in [3.05, 3.63) is 71.9 Å². The van der Waals surface area contributed by atoms with Crippen LogP contribution in [0.5, 0.6) is 0 Å². The van der Waals surface area contributed by atoms with Crippen LogP contribution in [-0.4, -0.2) is 38.0 Å². The summed E-state index contributed by atoms with van der Waals surface area (Å²) in [6.07, 6.45) is 2.87. The Bertz CT molecular complexity index is 1440. The molecule has 0 aromatic carbocycles. The standard InChI is InChI=1S/C25H22F3N7S/c26-25(27,28)22-18(4-2-10-31-22)36-20-6-5-16-23(34-20)32-14-19(33-16)35-11-7-24(8-12-35)13-17-15(21(24)29)3-1-9-30-17/h1-6,9-10,14,21H,7-8,11-13,29H2/t21-/m1/s1. The van der Waals surface area contributed by atoms with Gasteiger partial charge in [0.15, 0.2) is 11.3 Å². The molecule has 1 aliphatic carbocycles. The number of piperidine rings is 1. The third-order valence-electron chi connectivity index (χ3n) is 7.14. The smallest absolute Gasteiger partial charge is 0.355 e. The molecule has 0 unspecified atom stereocenters. The minimum Gasteiger partial charge on any atom is -0.355 e. The molecule has 6 rings (SSSR count). The van der Waals surface area contributed by atoms with E-state index < -0.39 is 11.9 Å². The number of fused-ring (bicyclic) bond motifs is 2. The predicted molar refractivity (Wildman–Crippen MR) is 129 cm³/mol. The molecule has 0 bridgehead atoms. The molecule has 1 spiro atoms. The van der Waals surface area contributed by atoms with E-state index in [1.165, 1.54) is 12.1 Å². The molecule has 4 aromatic heterocycles. The molecular weight excluding hydrogens is 487 g/mol. The van der Waals surface area contributed by atoms with Crippen LogP contribution in [0, 0.1) is 5.41 Å². The second-order valence-corrected chi connectivity index (χ2v) is 10.3. The number of nitrogens with zero attached hydrogens (tertiary/aromatic N) is 6. The molecule has 5 heterocycles. The summed E-state index contributed by atoms with van der Waals surface area (Å²) in [5.41, 5.74) is 8.99. The summed E-state index contributed by atoms with van der Waals surface area (Å²) in [6.45, 7) is 1.62. The number of halogens is 3. The lowest BCUT2D eigenvalue weighted by atomic mass is 9.73. The van der Waals surface area contributed by atoms with Gasteiger partial charge in [0.25, 0.3) is 0 Å². The lowest BCUT2D eigenvalue weighted by Crippen LogP contribution is -2.44. The number of hydrogen-bond acceptors (Lipinski definition) is 8. The molecule has 1 aliphatic heterocycles. The molecule has 0 amide bonds. The zero-order valence-corrected chi connectivity index (χ0v) is 19.9. The zero-order chi connectivity index (χ0) is 24.9. The SMILES string of the molecule is N[C@@H]1c2cccnc2CC12CCN(c1cnc3nc(Sc4cccnc4C(F)(F)F)ccc3n1)CC2. The van der Waals surface area contributed by atoms with Crippen molar-refractivity contribution in [2.75, 3.05) is 18.0 Å². The van der Waals surface area contributed by atoms with Gasteiger partial charge in [-0.2, -0.15) is 13.2 Å². The highest BCUT2D eigenvalue weighted by Crippen LogP contribution is 2.50. The molecule has 1 fully saturated rings. The van der Waals surface area contributed by atoms with E-state index in [2.05, 4.69) is 30.9 Å². The first-order valence-electron chi connectivity index (χ1n) is 11.6. The molecule has 0 radical (unpaired) electrons. The Labute approximate surface area is 209 Å². The average molecular weight is 510 g/mol. The Morgan fingerprint density at radius 3 is 2.53 bits per heavy atom. The molecule has 11 heteroatoms. The number of nitrogens with two attached hydrogens (primary N) is 1. The number of hydrogen-bond donors (Lipinski definition) is 1. The fraction of sp³-hybridized carbons (Fsp3) is 0.320. The van der Waals surface area contributed by atoms with Crippen LogP contribution in [0.25, 0.3) is 11.2 Å². The van der Waals surface area contributed by atoms with Gasteiger partial charge in [0.2, 0.25) is 0 Å². The maximum atomic E-state index is 13.3. The van der Waals surface area contributed by atoms with E-state index >= 15 is 0 Å². The molecular formula is C25H22F3N7S. The van der Waals surface area contributed by atoms with E-state index in [1.807, 2.05) is 12.3 Å². The largest absolute Gasteiger partial charge is 0.434 e. The molecule has 0 saturated carbocycles. The van der Waals surface area contributed by atoms with Gasteiger partial charge in [-0.3, -0.25) is 9.97 Å². The molecule has 36 heavy (non-hydrogen) atoms. The van der Waals surface area contributed by atoms with E-state index in [0.29, 0.717) is 16.2 Å². The minimum atomic E-state index is -4.54. The summed E-state index contributed by atoms with van der Waals surface area (Å²) < 4.78 is 39.8. The maximum Gasteiger partial charge on any atom is 0.434 e. The summed E-state index contributed by atoms with van der Waals surface area (Å²) in [5, 5.41) is 0.395. The van der Waals surface area contributed by atoms with Crippen LogP contribution in [0.4, 0.5) is 19.0 Å². The topological polar surface area (TPSA) is 93.7 Å². The number of alkyl halides is 3. The molecule has 7 nitrogen and oxygen atoms in total. The van der Waals surface area contributed by atoms with Gasteiger partial charge in [-0.05, 0) is 60.6 Å². The second-order valence-electron chi connectivity index (χ2n) is 9.21. The third kappa shape index (κ3) is 4.05. The van der Waals surface area contributed by atoms with Crippen molar-refractivity contribution in [1.29, 1.82) is 0 Å². The van der Waals surface area contributed by atoms with Crippen molar-refractivity contribution in [2.24, 2.45) is 11.1 Å². The summed E-state index contributed by atoms with van der Waals surface area (Å²) >= 11 is 0.905. The van der Waals surface area contributed by atoms with E-state index in [4.69, 9.17) is 10.7 Å². The number of rotatable bonds is 3. The van der Waals surface area contributed by atoms with Gasteiger partial charge >= 0.3 is 6.18 Å². The van der Waals surface area contributed by atoms with Crippen molar-refractivity contribution in [2.45, 2.75) is 41.4 Å². The molecule has 2 N–H and O–H groups in total. The second kappa shape index (κ2) is 8.67. The van der Waals surface area contributed by atoms with Gasteiger partial charge in [0.1, 0.15) is 16.4 Å². The van der Waals surface area contributed by atoms with Crippen LogP contribution in [0.2, 0.25) is 0 Å². The number of aromatic nitrogens is 5. The third-order valence-corrected chi connectivity index (χ3v) is 8.13. The van der Waals surface area contributed by atoms with Crippen LogP contribution >= 0.6 is 11.8 Å². The van der Waals surface area contributed by atoms with Crippen LogP contribution < -0.4 is 10.6 Å². The molecule has 1 atom stereocenters. The van der Waals surface area contributed by atoms with Crippen LogP contribution in [0.1, 0.15) is 35.8 Å². The Kier molecular flexibility index (Phi) is 5.56. The van der Waals surface area contributed by atoms with Crippen LogP contribution in [-0.2, 0) is 12.6 Å². The number of anilines is 1. The van der Waals surface area contributed by atoms with Crippen LogP contribution in [0.3, 0.4) is 0 Å². The Morgan fingerprint density at radius 1 is 0.972 bits per heavy atom. The molecule has 184 valence electrons. The summed E-state index contributed by atoms with van der Waals surface area (Å²) in [7, 11) is 0. The van der Waals surface area contributed by atoms with E-state index in [-0.39, 0.29) is 16.4 Å². The van der Waals surface area contributed by atoms with Crippen LogP contribution in [0.15, 0.2) is 64.9 Å². The highest BCUT2D eigenvalue weighted by Gasteiger charge is 2.46. The normalized spacial score (nSPS) is 19.1. The lowest BCUT2D eigenvalue weighted by molar-refractivity contribution is -0.143. The predicted octanol–water partition coefficient (Wildman–Crippen LogP) is 4.83. The monoisotopic (exact) mass is 509 g/mol. The Morgan fingerprint density at radius 2 is 1.75 bits per heavy atom.